The minimum Gasteiger partial charge on any atom is -0.491 e. The maximum absolute atomic E-state index is 12.2. The normalized spacial score (nSPS) is 10.6. The minimum absolute atomic E-state index is 0.368. The Bertz CT molecular complexity index is 907. The first-order chi connectivity index (χ1) is 12.6. The summed E-state index contributed by atoms with van der Waals surface area (Å²) in [6.45, 7) is 3.02. The average Bonchev–Trinajstić information content (AvgIpc) is 3.15. The van der Waals surface area contributed by atoms with Crippen LogP contribution in [0.15, 0.2) is 55.1 Å². The summed E-state index contributed by atoms with van der Waals surface area (Å²) in [4.78, 5) is 16.2. The highest BCUT2D eigenvalue weighted by molar-refractivity contribution is 6.33. The number of carbonyl (C=O) groups excluding carboxylic acids is 1. The molecular formula is C20H19ClN2O3. The summed E-state index contributed by atoms with van der Waals surface area (Å²) in [6.07, 6.45) is 5.28. The van der Waals surface area contributed by atoms with E-state index in [2.05, 4.69) is 4.98 Å². The van der Waals surface area contributed by atoms with Gasteiger partial charge in [0.05, 0.1) is 20.0 Å². The van der Waals surface area contributed by atoms with Crippen LogP contribution in [0, 0.1) is 6.92 Å². The fraction of sp³-hybridized carbons (Fsp3) is 0.200. The second-order valence-corrected chi connectivity index (χ2v) is 6.24. The maximum Gasteiger partial charge on any atom is 0.341 e. The SMILES string of the molecule is COC(=O)c1cc(-c2ccc(C)cc2Cl)ccc1OCCn1ccnc1. The number of aromatic nitrogens is 2. The van der Waals surface area contributed by atoms with Gasteiger partial charge in [-0.2, -0.15) is 0 Å². The van der Waals surface area contributed by atoms with Crippen molar-refractivity contribution < 1.29 is 14.3 Å². The molecule has 3 aromatic rings. The van der Waals surface area contributed by atoms with Crippen molar-refractivity contribution >= 4 is 17.6 Å². The number of halogens is 1. The third-order valence-electron chi connectivity index (χ3n) is 3.99. The molecule has 0 aliphatic rings. The minimum atomic E-state index is -0.451. The number of hydrogen-bond donors (Lipinski definition) is 0. The van der Waals surface area contributed by atoms with Gasteiger partial charge in [-0.3, -0.25) is 0 Å². The largest absolute Gasteiger partial charge is 0.491 e. The van der Waals surface area contributed by atoms with Crippen LogP contribution in [-0.2, 0) is 11.3 Å². The molecule has 0 saturated carbocycles. The average molecular weight is 371 g/mol. The smallest absolute Gasteiger partial charge is 0.341 e. The van der Waals surface area contributed by atoms with E-state index in [9.17, 15) is 4.79 Å². The summed E-state index contributed by atoms with van der Waals surface area (Å²) in [6, 6.07) is 11.2. The van der Waals surface area contributed by atoms with Crippen molar-refractivity contribution in [3.63, 3.8) is 0 Å². The Kier molecular flexibility index (Phi) is 5.58. The lowest BCUT2D eigenvalue weighted by atomic mass is 10.0. The molecule has 0 radical (unpaired) electrons. The number of methoxy groups -OCH3 is 1. The number of rotatable bonds is 6. The number of esters is 1. The molecule has 0 fully saturated rings. The highest BCUT2D eigenvalue weighted by atomic mass is 35.5. The molecule has 5 nitrogen and oxygen atoms in total. The van der Waals surface area contributed by atoms with E-state index in [-0.39, 0.29) is 0 Å². The van der Waals surface area contributed by atoms with Gasteiger partial charge in [0.1, 0.15) is 17.9 Å². The van der Waals surface area contributed by atoms with E-state index < -0.39 is 5.97 Å². The van der Waals surface area contributed by atoms with Crippen molar-refractivity contribution in [1.29, 1.82) is 0 Å². The number of carbonyl (C=O) groups is 1. The van der Waals surface area contributed by atoms with Gasteiger partial charge in [-0.05, 0) is 36.2 Å². The summed E-state index contributed by atoms with van der Waals surface area (Å²) >= 11 is 6.35. The third-order valence-corrected chi connectivity index (χ3v) is 4.30. The molecule has 26 heavy (non-hydrogen) atoms. The van der Waals surface area contributed by atoms with Crippen molar-refractivity contribution in [2.24, 2.45) is 0 Å². The first kappa shape index (κ1) is 18.0. The van der Waals surface area contributed by atoms with Crippen LogP contribution in [0.1, 0.15) is 15.9 Å². The zero-order chi connectivity index (χ0) is 18.5. The lowest BCUT2D eigenvalue weighted by Crippen LogP contribution is -2.10. The molecule has 3 rings (SSSR count). The molecule has 0 spiro atoms. The van der Waals surface area contributed by atoms with Gasteiger partial charge in [0.25, 0.3) is 0 Å². The molecular weight excluding hydrogens is 352 g/mol. The zero-order valence-electron chi connectivity index (χ0n) is 14.6. The quantitative estimate of drug-likeness (QED) is 0.604. The topological polar surface area (TPSA) is 53.4 Å². The Balaban J connectivity index is 1.86. The third kappa shape index (κ3) is 4.06. The van der Waals surface area contributed by atoms with Gasteiger partial charge in [0.2, 0.25) is 0 Å². The summed E-state index contributed by atoms with van der Waals surface area (Å²) in [5.41, 5.74) is 3.13. The molecule has 0 saturated heterocycles. The highest BCUT2D eigenvalue weighted by Crippen LogP contribution is 2.32. The fourth-order valence-electron chi connectivity index (χ4n) is 2.63. The molecule has 1 aromatic heterocycles. The number of ether oxygens (including phenoxy) is 2. The Morgan fingerprint density at radius 2 is 2.08 bits per heavy atom. The second-order valence-electron chi connectivity index (χ2n) is 5.83. The van der Waals surface area contributed by atoms with Crippen LogP contribution in [-0.4, -0.2) is 29.2 Å². The Hall–Kier alpha value is -2.79. The Morgan fingerprint density at radius 1 is 1.23 bits per heavy atom. The van der Waals surface area contributed by atoms with E-state index >= 15 is 0 Å². The van der Waals surface area contributed by atoms with Gasteiger partial charge in [-0.15, -0.1) is 0 Å². The van der Waals surface area contributed by atoms with Crippen molar-refractivity contribution in [1.82, 2.24) is 9.55 Å². The van der Waals surface area contributed by atoms with E-state index in [1.54, 1.807) is 24.7 Å². The van der Waals surface area contributed by atoms with Crippen LogP contribution >= 0.6 is 11.6 Å². The van der Waals surface area contributed by atoms with Gasteiger partial charge in [0, 0.05) is 23.0 Å². The predicted molar refractivity (Wildman–Crippen MR) is 101 cm³/mol. The summed E-state index contributed by atoms with van der Waals surface area (Å²) in [7, 11) is 1.35. The molecule has 2 aromatic carbocycles. The van der Waals surface area contributed by atoms with Crippen LogP contribution in [0.5, 0.6) is 5.75 Å². The summed E-state index contributed by atoms with van der Waals surface area (Å²) in [5.74, 6) is 0.0247. The molecule has 0 unspecified atom stereocenters. The number of aryl methyl sites for hydroxylation is 1. The summed E-state index contributed by atoms with van der Waals surface area (Å²) < 4.78 is 12.6. The van der Waals surface area contributed by atoms with Crippen LogP contribution in [0.3, 0.4) is 0 Å². The Labute approximate surface area is 157 Å². The van der Waals surface area contributed by atoms with Crippen molar-refractivity contribution in [2.75, 3.05) is 13.7 Å². The van der Waals surface area contributed by atoms with Crippen LogP contribution in [0.25, 0.3) is 11.1 Å². The van der Waals surface area contributed by atoms with E-state index in [1.807, 2.05) is 42.0 Å². The molecule has 0 aliphatic heterocycles. The zero-order valence-corrected chi connectivity index (χ0v) is 15.4. The molecule has 0 atom stereocenters. The lowest BCUT2D eigenvalue weighted by molar-refractivity contribution is 0.0596. The first-order valence-electron chi connectivity index (χ1n) is 8.16. The fourth-order valence-corrected chi connectivity index (χ4v) is 2.97. The number of benzene rings is 2. The Morgan fingerprint density at radius 3 is 2.77 bits per heavy atom. The molecule has 0 amide bonds. The number of hydrogen-bond acceptors (Lipinski definition) is 4. The van der Waals surface area contributed by atoms with Crippen molar-refractivity contribution in [2.45, 2.75) is 13.5 Å². The van der Waals surface area contributed by atoms with Crippen LogP contribution in [0.2, 0.25) is 5.02 Å². The van der Waals surface area contributed by atoms with E-state index in [4.69, 9.17) is 21.1 Å². The van der Waals surface area contributed by atoms with Crippen LogP contribution in [0.4, 0.5) is 0 Å². The summed E-state index contributed by atoms with van der Waals surface area (Å²) in [5, 5.41) is 0.634. The van der Waals surface area contributed by atoms with E-state index in [0.29, 0.717) is 29.5 Å². The standard InChI is InChI=1S/C20H19ClN2O3/c1-14-3-5-16(18(21)11-14)15-4-6-19(17(12-15)20(24)25-2)26-10-9-23-8-7-22-13-23/h3-8,11-13H,9-10H2,1-2H3. The van der Waals surface area contributed by atoms with Gasteiger partial charge < -0.3 is 14.0 Å². The second kappa shape index (κ2) is 8.06. The van der Waals surface area contributed by atoms with E-state index in [1.165, 1.54) is 7.11 Å². The molecule has 134 valence electrons. The lowest BCUT2D eigenvalue weighted by Gasteiger charge is -2.13. The number of imidazole rings is 1. The number of nitrogens with zero attached hydrogens (tertiary/aromatic N) is 2. The monoisotopic (exact) mass is 370 g/mol. The van der Waals surface area contributed by atoms with Gasteiger partial charge in [-0.1, -0.05) is 29.8 Å². The molecule has 0 aliphatic carbocycles. The predicted octanol–water partition coefficient (Wildman–Crippen LogP) is 4.38. The molecule has 6 heteroatoms. The van der Waals surface area contributed by atoms with Crippen molar-refractivity contribution in [3.8, 4) is 16.9 Å². The van der Waals surface area contributed by atoms with Gasteiger partial charge in [-0.25, -0.2) is 9.78 Å². The first-order valence-corrected chi connectivity index (χ1v) is 8.53. The van der Waals surface area contributed by atoms with Gasteiger partial charge in [0.15, 0.2) is 0 Å². The van der Waals surface area contributed by atoms with Crippen molar-refractivity contribution in [3.05, 3.63) is 71.3 Å². The maximum atomic E-state index is 12.2. The van der Waals surface area contributed by atoms with E-state index in [0.717, 1.165) is 16.7 Å². The molecule has 1 heterocycles. The highest BCUT2D eigenvalue weighted by Gasteiger charge is 2.16. The van der Waals surface area contributed by atoms with Gasteiger partial charge >= 0.3 is 5.97 Å². The molecule has 0 bridgehead atoms. The van der Waals surface area contributed by atoms with Crippen LogP contribution < -0.4 is 4.74 Å². The molecule has 0 N–H and O–H groups in total.